The zero-order valence-electron chi connectivity index (χ0n) is 14.7. The van der Waals surface area contributed by atoms with E-state index in [2.05, 4.69) is 33.7 Å². The molecular weight excluding hydrogens is 326 g/mol. The fourth-order valence-corrected chi connectivity index (χ4v) is 4.00. The van der Waals surface area contributed by atoms with Crippen molar-refractivity contribution in [2.24, 2.45) is 7.05 Å². The lowest BCUT2D eigenvalue weighted by Crippen LogP contribution is -2.28. The Labute approximate surface area is 145 Å². The molecule has 0 bridgehead atoms. The molecule has 2 aromatic rings. The van der Waals surface area contributed by atoms with Gasteiger partial charge in [0.05, 0.1) is 17.1 Å². The number of anilines is 2. The highest BCUT2D eigenvalue weighted by molar-refractivity contribution is 8.00. The zero-order chi connectivity index (χ0) is 17.4. The van der Waals surface area contributed by atoms with E-state index in [1.165, 1.54) is 11.8 Å². The van der Waals surface area contributed by atoms with E-state index in [4.69, 9.17) is 0 Å². The van der Waals surface area contributed by atoms with Gasteiger partial charge in [-0.3, -0.25) is 14.0 Å². The largest absolute Gasteiger partial charge is 0.347 e. The van der Waals surface area contributed by atoms with Crippen LogP contribution >= 0.6 is 11.8 Å². The summed E-state index contributed by atoms with van der Waals surface area (Å²) in [5.74, 6) is 0.916. The Hall–Kier alpha value is -2.03. The number of hydrogen-bond donors (Lipinski definition) is 0. The molecule has 0 saturated carbocycles. The number of amides is 1. The number of aromatic nitrogens is 5. The third kappa shape index (κ3) is 3.00. The van der Waals surface area contributed by atoms with Crippen LogP contribution in [0.1, 0.15) is 26.3 Å². The highest BCUT2D eigenvalue weighted by Gasteiger charge is 2.35. The van der Waals surface area contributed by atoms with Gasteiger partial charge in [0.2, 0.25) is 11.9 Å². The third-order valence-corrected chi connectivity index (χ3v) is 5.18. The number of carbonyl (C=O) groups excluding carboxylic acids is 1. The SMILES string of the molecule is CC(C)n1c(SC2CCN(c3cnn(C)c3)C2=O)nnc1N(C)C. The highest BCUT2D eigenvalue weighted by Crippen LogP contribution is 2.34. The number of hydrogen-bond acceptors (Lipinski definition) is 6. The van der Waals surface area contributed by atoms with Gasteiger partial charge in [-0.15, -0.1) is 10.2 Å². The first-order chi connectivity index (χ1) is 11.4. The van der Waals surface area contributed by atoms with Crippen LogP contribution in [-0.2, 0) is 11.8 Å². The van der Waals surface area contributed by atoms with E-state index in [1.807, 2.05) is 32.2 Å². The first-order valence-electron chi connectivity index (χ1n) is 7.97. The van der Waals surface area contributed by atoms with Gasteiger partial charge < -0.3 is 9.80 Å². The second-order valence-electron chi connectivity index (χ2n) is 6.40. The van der Waals surface area contributed by atoms with Gasteiger partial charge in [0.1, 0.15) is 0 Å². The average Bonchev–Trinajstić information content (AvgIpc) is 3.19. The maximum absolute atomic E-state index is 12.7. The summed E-state index contributed by atoms with van der Waals surface area (Å²) in [5.41, 5.74) is 0.852. The summed E-state index contributed by atoms with van der Waals surface area (Å²) >= 11 is 1.50. The van der Waals surface area contributed by atoms with Crippen LogP contribution in [0.2, 0.25) is 0 Å². The fourth-order valence-electron chi connectivity index (χ4n) is 2.80. The van der Waals surface area contributed by atoms with Gasteiger partial charge in [-0.2, -0.15) is 5.10 Å². The number of nitrogens with zero attached hydrogens (tertiary/aromatic N) is 7. The van der Waals surface area contributed by atoms with Crippen LogP contribution in [0, 0.1) is 0 Å². The lowest BCUT2D eigenvalue weighted by molar-refractivity contribution is -0.116. The molecule has 0 radical (unpaired) electrons. The minimum Gasteiger partial charge on any atom is -0.347 e. The number of thioether (sulfide) groups is 1. The molecule has 1 saturated heterocycles. The molecule has 3 heterocycles. The van der Waals surface area contributed by atoms with Crippen LogP contribution in [0.25, 0.3) is 0 Å². The van der Waals surface area contributed by atoms with Gasteiger partial charge in [-0.25, -0.2) is 0 Å². The van der Waals surface area contributed by atoms with Gasteiger partial charge >= 0.3 is 0 Å². The van der Waals surface area contributed by atoms with Gasteiger partial charge in [-0.1, -0.05) is 11.8 Å². The molecule has 1 aliphatic rings. The van der Waals surface area contributed by atoms with Crippen molar-refractivity contribution in [2.45, 2.75) is 36.7 Å². The summed E-state index contributed by atoms with van der Waals surface area (Å²) in [4.78, 5) is 16.5. The van der Waals surface area contributed by atoms with Crippen molar-refractivity contribution >= 4 is 29.3 Å². The average molecular weight is 349 g/mol. The molecule has 9 heteroatoms. The molecule has 0 aliphatic carbocycles. The van der Waals surface area contributed by atoms with Crippen molar-refractivity contribution in [1.29, 1.82) is 0 Å². The van der Waals surface area contributed by atoms with Crippen molar-refractivity contribution in [3.05, 3.63) is 12.4 Å². The number of aryl methyl sites for hydroxylation is 1. The van der Waals surface area contributed by atoms with Crippen molar-refractivity contribution in [3.8, 4) is 0 Å². The van der Waals surface area contributed by atoms with Crippen LogP contribution in [0.5, 0.6) is 0 Å². The minimum atomic E-state index is -0.137. The summed E-state index contributed by atoms with van der Waals surface area (Å²) in [6, 6.07) is 0.228. The first-order valence-corrected chi connectivity index (χ1v) is 8.85. The molecule has 1 unspecified atom stereocenters. The standard InChI is InChI=1S/C15H23N7OS/c1-10(2)22-14(19(3)4)17-18-15(22)24-12-6-7-21(13(12)23)11-8-16-20(5)9-11/h8-10,12H,6-7H2,1-5H3. The van der Waals surface area contributed by atoms with Gasteiger partial charge in [0, 0.05) is 39.9 Å². The predicted octanol–water partition coefficient (Wildman–Crippen LogP) is 1.56. The van der Waals surface area contributed by atoms with E-state index in [9.17, 15) is 4.79 Å². The molecular formula is C15H23N7OS. The molecule has 24 heavy (non-hydrogen) atoms. The van der Waals surface area contributed by atoms with E-state index in [0.29, 0.717) is 6.54 Å². The van der Waals surface area contributed by atoms with Crippen molar-refractivity contribution in [1.82, 2.24) is 24.5 Å². The van der Waals surface area contributed by atoms with E-state index in [0.717, 1.165) is 23.2 Å². The Morgan fingerprint density at radius 2 is 2.08 bits per heavy atom. The van der Waals surface area contributed by atoms with Crippen LogP contribution in [0.4, 0.5) is 11.6 Å². The first kappa shape index (κ1) is 16.8. The number of carbonyl (C=O) groups is 1. The molecule has 1 amide bonds. The van der Waals surface area contributed by atoms with Crippen LogP contribution in [-0.4, -0.2) is 56.3 Å². The topological polar surface area (TPSA) is 72.1 Å². The normalized spacial score (nSPS) is 18.0. The Morgan fingerprint density at radius 3 is 2.67 bits per heavy atom. The molecule has 0 aromatic carbocycles. The zero-order valence-corrected chi connectivity index (χ0v) is 15.5. The molecule has 8 nitrogen and oxygen atoms in total. The Kier molecular flexibility index (Phi) is 4.53. The van der Waals surface area contributed by atoms with Gasteiger partial charge in [0.15, 0.2) is 5.16 Å². The Balaban J connectivity index is 1.79. The minimum absolute atomic E-state index is 0.109. The molecule has 130 valence electrons. The molecule has 0 N–H and O–H groups in total. The van der Waals surface area contributed by atoms with Crippen LogP contribution in [0.3, 0.4) is 0 Å². The van der Waals surface area contributed by atoms with E-state index >= 15 is 0 Å². The highest BCUT2D eigenvalue weighted by atomic mass is 32.2. The van der Waals surface area contributed by atoms with Crippen LogP contribution < -0.4 is 9.80 Å². The van der Waals surface area contributed by atoms with Crippen molar-refractivity contribution < 1.29 is 4.79 Å². The molecule has 0 spiro atoms. The molecule has 1 atom stereocenters. The number of rotatable bonds is 5. The van der Waals surface area contributed by atoms with Crippen molar-refractivity contribution in [2.75, 3.05) is 30.4 Å². The van der Waals surface area contributed by atoms with Crippen molar-refractivity contribution in [3.63, 3.8) is 0 Å². The monoisotopic (exact) mass is 349 g/mol. The smallest absolute Gasteiger partial charge is 0.240 e. The maximum Gasteiger partial charge on any atom is 0.240 e. The molecule has 1 fully saturated rings. The van der Waals surface area contributed by atoms with E-state index in [1.54, 1.807) is 15.8 Å². The fraction of sp³-hybridized carbons (Fsp3) is 0.600. The quantitative estimate of drug-likeness (QED) is 0.816. The molecule has 3 rings (SSSR count). The lowest BCUT2D eigenvalue weighted by atomic mass is 10.4. The van der Waals surface area contributed by atoms with E-state index in [-0.39, 0.29) is 17.2 Å². The molecule has 2 aromatic heterocycles. The summed E-state index contributed by atoms with van der Waals surface area (Å²) in [6.07, 6.45) is 4.39. The molecule has 1 aliphatic heterocycles. The Morgan fingerprint density at radius 1 is 1.33 bits per heavy atom. The van der Waals surface area contributed by atoms with E-state index < -0.39 is 0 Å². The van der Waals surface area contributed by atoms with Gasteiger partial charge in [-0.05, 0) is 20.3 Å². The summed E-state index contributed by atoms with van der Waals surface area (Å²) in [6.45, 7) is 4.90. The predicted molar refractivity (Wildman–Crippen MR) is 94.6 cm³/mol. The summed E-state index contributed by atoms with van der Waals surface area (Å²) in [7, 11) is 5.74. The Bertz CT molecular complexity index is 736. The van der Waals surface area contributed by atoms with Crippen LogP contribution in [0.15, 0.2) is 17.6 Å². The maximum atomic E-state index is 12.7. The second kappa shape index (κ2) is 6.46. The third-order valence-electron chi connectivity index (χ3n) is 3.97. The van der Waals surface area contributed by atoms with Gasteiger partial charge in [0.25, 0.3) is 0 Å². The lowest BCUT2D eigenvalue weighted by Gasteiger charge is -2.18. The second-order valence-corrected chi connectivity index (χ2v) is 7.57. The summed E-state index contributed by atoms with van der Waals surface area (Å²) < 4.78 is 3.78. The summed E-state index contributed by atoms with van der Waals surface area (Å²) in [5, 5.41) is 13.4.